The predicted octanol–water partition coefficient (Wildman–Crippen LogP) is 3.11. The van der Waals surface area contributed by atoms with E-state index in [1.54, 1.807) is 39.5 Å². The summed E-state index contributed by atoms with van der Waals surface area (Å²) < 4.78 is 52.9. The van der Waals surface area contributed by atoms with Crippen LogP contribution < -0.4 is 29.7 Å². The Hall–Kier alpha value is -4.09. The van der Waals surface area contributed by atoms with Crippen LogP contribution in [0.2, 0.25) is 0 Å². The molecule has 0 saturated carbocycles. The molecule has 0 aromatic heterocycles. The number of nitrogens with one attached hydrogen (secondary N) is 1. The van der Waals surface area contributed by atoms with Crippen molar-refractivity contribution in [3.63, 3.8) is 0 Å². The minimum absolute atomic E-state index is 0.00741. The Morgan fingerprint density at radius 2 is 1.56 bits per heavy atom. The lowest BCUT2D eigenvalue weighted by Crippen LogP contribution is -2.26. The molecule has 0 fully saturated rings. The van der Waals surface area contributed by atoms with E-state index in [0.29, 0.717) is 35.8 Å². The molecule has 1 aliphatic rings. The summed E-state index contributed by atoms with van der Waals surface area (Å²) in [6.45, 7) is 1.48. The summed E-state index contributed by atoms with van der Waals surface area (Å²) in [6, 6.07) is 14.0. The van der Waals surface area contributed by atoms with Crippen molar-refractivity contribution >= 4 is 16.0 Å². The highest BCUT2D eigenvalue weighted by Gasteiger charge is 2.30. The van der Waals surface area contributed by atoms with Gasteiger partial charge in [0.15, 0.2) is 11.5 Å². The van der Waals surface area contributed by atoms with Crippen molar-refractivity contribution in [1.29, 1.82) is 0 Å². The van der Waals surface area contributed by atoms with Crippen molar-refractivity contribution < 1.29 is 41.5 Å². The monoisotopic (exact) mass is 557 g/mol. The Bertz CT molecular complexity index is 1510. The Kier molecular flexibility index (Phi) is 9.55. The number of ether oxygens (including phenoxy) is 4. The zero-order valence-corrected chi connectivity index (χ0v) is 23.1. The van der Waals surface area contributed by atoms with Crippen LogP contribution in [0.4, 0.5) is 0 Å². The van der Waals surface area contributed by atoms with Crippen LogP contribution in [0.5, 0.6) is 23.0 Å². The van der Waals surface area contributed by atoms with Crippen LogP contribution in [0.15, 0.2) is 59.5 Å². The maximum absolute atomic E-state index is 11.9. The van der Waals surface area contributed by atoms with Gasteiger partial charge in [-0.25, -0.2) is 8.42 Å². The number of amides is 1. The smallest absolute Gasteiger partial charge is 0.381 e. The number of carbonyl (C=O) groups is 1. The second-order valence-corrected chi connectivity index (χ2v) is 9.92. The van der Waals surface area contributed by atoms with Crippen molar-refractivity contribution in [2.75, 3.05) is 28.4 Å². The van der Waals surface area contributed by atoms with E-state index in [0.717, 1.165) is 22.3 Å². The molecule has 0 unspecified atom stereocenters. The normalized spacial score (nSPS) is 13.8. The van der Waals surface area contributed by atoms with Crippen molar-refractivity contribution in [1.82, 2.24) is 5.32 Å². The quantitative estimate of drug-likeness (QED) is 0.360. The third kappa shape index (κ3) is 6.68. The fraction of sp³-hybridized carbons (Fsp3) is 0.286. The van der Waals surface area contributed by atoms with Crippen molar-refractivity contribution in [2.24, 2.45) is 0 Å². The summed E-state index contributed by atoms with van der Waals surface area (Å²) in [5, 5.41) is 2.99. The van der Waals surface area contributed by atoms with E-state index in [4.69, 9.17) is 18.9 Å². The molecule has 0 heterocycles. The maximum Gasteiger partial charge on any atom is 0.381 e. The fourth-order valence-electron chi connectivity index (χ4n) is 4.46. The van der Waals surface area contributed by atoms with Gasteiger partial charge in [-0.3, -0.25) is 9.59 Å². The molecule has 0 aliphatic heterocycles. The molecule has 1 aliphatic carbocycles. The largest absolute Gasteiger partial charge is 0.744 e. The molecule has 3 aromatic rings. The molecule has 0 bridgehead atoms. The van der Waals surface area contributed by atoms with Crippen LogP contribution in [0, 0.1) is 0 Å². The molecule has 3 aromatic carbocycles. The second kappa shape index (κ2) is 12.6. The van der Waals surface area contributed by atoms with E-state index >= 15 is 0 Å². The molecular weight excluding hydrogens is 526 g/mol. The zero-order valence-electron chi connectivity index (χ0n) is 22.3. The zero-order chi connectivity index (χ0) is 28.7. The first-order valence-corrected chi connectivity index (χ1v) is 13.3. The van der Waals surface area contributed by atoms with Crippen LogP contribution in [-0.2, 0) is 21.3 Å². The van der Waals surface area contributed by atoms with Gasteiger partial charge in [-0.2, -0.15) is 0 Å². The number of aryl methyl sites for hydroxylation is 1. The van der Waals surface area contributed by atoms with E-state index < -0.39 is 10.1 Å². The summed E-state index contributed by atoms with van der Waals surface area (Å²) in [4.78, 5) is 22.2. The molecule has 10 nitrogen and oxygen atoms in total. The molecule has 0 saturated heterocycles. The summed E-state index contributed by atoms with van der Waals surface area (Å²) in [5.74, 6) is 1.78. The molecule has 1 amide bonds. The van der Waals surface area contributed by atoms with Gasteiger partial charge in [0.2, 0.25) is 17.4 Å². The fourth-order valence-corrected chi connectivity index (χ4v) is 4.95. The second-order valence-electron chi connectivity index (χ2n) is 8.54. The van der Waals surface area contributed by atoms with Gasteiger partial charge in [0.1, 0.15) is 10.1 Å². The molecule has 1 atom stereocenters. The summed E-state index contributed by atoms with van der Waals surface area (Å²) >= 11 is 0. The topological polar surface area (TPSA) is 145 Å². The van der Waals surface area contributed by atoms with E-state index in [1.165, 1.54) is 38.3 Å². The van der Waals surface area contributed by atoms with E-state index in [1.807, 2.05) is 12.1 Å². The molecule has 0 spiro atoms. The van der Waals surface area contributed by atoms with Gasteiger partial charge in [-0.15, -0.1) is 0 Å². The van der Waals surface area contributed by atoms with E-state index in [-0.39, 0.29) is 22.3 Å². The number of fused-ring (bicyclic) bond motifs is 3. The van der Waals surface area contributed by atoms with Crippen LogP contribution in [-0.4, -0.2) is 52.1 Å². The third-order valence-electron chi connectivity index (χ3n) is 6.15. The molecular formula is C28H31NO9S. The van der Waals surface area contributed by atoms with Crippen molar-refractivity contribution in [3.05, 3.63) is 71.2 Å². The van der Waals surface area contributed by atoms with Gasteiger partial charge < -0.3 is 28.8 Å². The lowest BCUT2D eigenvalue weighted by atomic mass is 9.95. The highest BCUT2D eigenvalue weighted by Crippen LogP contribution is 2.50. The first-order valence-electron chi connectivity index (χ1n) is 11.9. The Morgan fingerprint density at radius 1 is 0.923 bits per heavy atom. The van der Waals surface area contributed by atoms with Gasteiger partial charge in [-0.1, -0.05) is 18.2 Å². The van der Waals surface area contributed by atoms with Crippen LogP contribution in [0.1, 0.15) is 30.5 Å². The average Bonchev–Trinajstić information content (AvgIpc) is 3.16. The van der Waals surface area contributed by atoms with Gasteiger partial charge in [-0.05, 0) is 59.9 Å². The summed E-state index contributed by atoms with van der Waals surface area (Å²) in [5.41, 5.74) is 3.41. The van der Waals surface area contributed by atoms with Crippen molar-refractivity contribution in [2.45, 2.75) is 30.7 Å². The Morgan fingerprint density at radius 3 is 2.08 bits per heavy atom. The molecule has 39 heavy (non-hydrogen) atoms. The average molecular weight is 558 g/mol. The summed E-state index contributed by atoms with van der Waals surface area (Å²) in [6.07, 6.45) is 1.32. The lowest BCUT2D eigenvalue weighted by Gasteiger charge is -2.19. The number of hydrogen-bond acceptors (Lipinski definition) is 8. The van der Waals surface area contributed by atoms with Crippen LogP contribution in [0.3, 0.4) is 0 Å². The number of methoxy groups -OCH3 is 4. The Balaban J connectivity index is 0.000000353. The van der Waals surface area contributed by atoms with Crippen LogP contribution >= 0.6 is 0 Å². The third-order valence-corrected chi connectivity index (χ3v) is 6.99. The maximum atomic E-state index is 11.9. The lowest BCUT2D eigenvalue weighted by molar-refractivity contribution is -0.119. The van der Waals surface area contributed by atoms with Gasteiger partial charge in [0, 0.05) is 12.5 Å². The first-order chi connectivity index (χ1) is 18.5. The minimum atomic E-state index is -4.25. The molecule has 11 heteroatoms. The number of benzene rings is 2. The van der Waals surface area contributed by atoms with Crippen molar-refractivity contribution in [3.8, 4) is 34.1 Å². The molecule has 0 radical (unpaired) electrons. The predicted molar refractivity (Wildman–Crippen MR) is 142 cm³/mol. The number of rotatable bonds is 6. The standard InChI is InChI=1S/C22H25NO6.C6H6O3S/c1-12(24)23-16-8-6-13-10-19(27-3)21(28-4)22(29-5)20(13)14-7-9-18(26-2)17(25)11-15(14)16;7-10(8,9)6-4-2-1-3-5-6/h7,9-11,16H,6,8H2,1-5H3,(H,23,24);1-5H,(H,7,8,9)/t16-;/m0./s1. The molecule has 4 rings (SSSR count). The minimum Gasteiger partial charge on any atom is -0.744 e. The van der Waals surface area contributed by atoms with Gasteiger partial charge in [0.25, 0.3) is 0 Å². The van der Waals surface area contributed by atoms with Gasteiger partial charge >= 0.3 is 5.43 Å². The highest BCUT2D eigenvalue weighted by atomic mass is 32.2. The van der Waals surface area contributed by atoms with Crippen LogP contribution in [0.25, 0.3) is 11.1 Å². The van der Waals surface area contributed by atoms with E-state index in [2.05, 4.69) is 5.32 Å². The van der Waals surface area contributed by atoms with Gasteiger partial charge in [0.05, 0.1) is 45.4 Å². The SMILES string of the molecule is COc1cc2c(c(OC)c1OC)-c1ccc(OC)c(=[OH+])cc1[C@@H](NC(C)=O)CC2.O=S(=O)([O-])c1ccccc1. The molecule has 2 N–H and O–H groups in total. The number of hydrogen-bond donors (Lipinski definition) is 1. The number of carbonyl (C=O) groups excluding carboxylic acids is 1. The van der Waals surface area contributed by atoms with E-state index in [9.17, 15) is 22.6 Å². The Labute approximate surface area is 227 Å². The molecule has 208 valence electrons. The first kappa shape index (κ1) is 29.5. The highest BCUT2D eigenvalue weighted by molar-refractivity contribution is 7.85. The summed E-state index contributed by atoms with van der Waals surface area (Å²) in [7, 11) is 1.96.